The van der Waals surface area contributed by atoms with E-state index in [-0.39, 0.29) is 10.8 Å². The van der Waals surface area contributed by atoms with Crippen LogP contribution in [0.2, 0.25) is 0 Å². The van der Waals surface area contributed by atoms with Crippen LogP contribution < -0.4 is 9.46 Å². The molecule has 0 heterocycles. The van der Waals surface area contributed by atoms with Crippen LogP contribution in [-0.4, -0.2) is 44.1 Å². The number of benzene rings is 4. The van der Waals surface area contributed by atoms with E-state index >= 15 is 0 Å². The summed E-state index contributed by atoms with van der Waals surface area (Å²) in [5.74, 6) is -0.804. The van der Waals surface area contributed by atoms with Crippen molar-refractivity contribution in [1.29, 1.82) is 0 Å². The lowest BCUT2D eigenvalue weighted by Gasteiger charge is -2.29. The number of fused-ring (bicyclic) bond motifs is 2. The molecule has 1 N–H and O–H groups in total. The standard InChI is InChI=1S/C28H29NO6S2/c1-18(2)26(36(31)27-22-14-8-6-11-20(22)16-17-23(27)34-3)25(28(30)35-4)29-37(32,33)24-15-9-12-19-10-5-7-13-21(19)24/h5-18,25-26,29H,1-4H3/t25-,26+,36?/m1/s1. The quantitative estimate of drug-likeness (QED) is 0.311. The van der Waals surface area contributed by atoms with E-state index in [1.807, 2.05) is 48.5 Å². The van der Waals surface area contributed by atoms with Gasteiger partial charge in [-0.05, 0) is 28.8 Å². The van der Waals surface area contributed by atoms with E-state index in [4.69, 9.17) is 9.47 Å². The number of carbonyl (C=O) groups excluding carboxylic acids is 1. The summed E-state index contributed by atoms with van der Waals surface area (Å²) < 4.78 is 54.7. The van der Waals surface area contributed by atoms with Gasteiger partial charge in [0.25, 0.3) is 0 Å². The van der Waals surface area contributed by atoms with Crippen molar-refractivity contribution in [2.45, 2.75) is 34.9 Å². The number of esters is 1. The van der Waals surface area contributed by atoms with Gasteiger partial charge in [0, 0.05) is 10.8 Å². The third-order valence-corrected chi connectivity index (χ3v) is 9.91. The van der Waals surface area contributed by atoms with E-state index in [9.17, 15) is 17.4 Å². The number of hydrogen-bond donors (Lipinski definition) is 1. The fraction of sp³-hybridized carbons (Fsp3) is 0.250. The van der Waals surface area contributed by atoms with Gasteiger partial charge in [-0.2, -0.15) is 4.72 Å². The molecule has 4 aromatic rings. The molecule has 4 rings (SSSR count). The normalized spacial score (nSPS) is 14.4. The minimum Gasteiger partial charge on any atom is -0.495 e. The zero-order valence-corrected chi connectivity index (χ0v) is 22.6. The third kappa shape index (κ3) is 5.25. The number of sulfonamides is 1. The first-order chi connectivity index (χ1) is 17.7. The van der Waals surface area contributed by atoms with Crippen LogP contribution in [-0.2, 0) is 30.4 Å². The number of methoxy groups -OCH3 is 2. The highest BCUT2D eigenvalue weighted by Crippen LogP contribution is 2.35. The zero-order valence-electron chi connectivity index (χ0n) is 21.0. The molecule has 0 aromatic heterocycles. The minimum absolute atomic E-state index is 0.0236. The maximum Gasteiger partial charge on any atom is 0.325 e. The lowest BCUT2D eigenvalue weighted by molar-refractivity contribution is -0.142. The molecule has 0 aliphatic rings. The molecule has 194 valence electrons. The molecule has 7 nitrogen and oxygen atoms in total. The molecule has 0 spiro atoms. The van der Waals surface area contributed by atoms with Gasteiger partial charge in [-0.25, -0.2) is 8.42 Å². The van der Waals surface area contributed by atoms with Gasteiger partial charge < -0.3 is 9.47 Å². The maximum absolute atomic E-state index is 14.3. The second-order valence-electron chi connectivity index (χ2n) is 8.92. The molecule has 0 amide bonds. The Balaban J connectivity index is 1.84. The van der Waals surface area contributed by atoms with Crippen molar-refractivity contribution in [3.05, 3.63) is 78.9 Å². The van der Waals surface area contributed by atoms with E-state index in [1.54, 1.807) is 38.1 Å². The van der Waals surface area contributed by atoms with Crippen LogP contribution in [0.15, 0.2) is 88.7 Å². The summed E-state index contributed by atoms with van der Waals surface area (Å²) >= 11 is 0. The predicted octanol–water partition coefficient (Wildman–Crippen LogP) is 4.65. The molecule has 3 atom stereocenters. The van der Waals surface area contributed by atoms with E-state index in [0.717, 1.165) is 10.8 Å². The van der Waals surface area contributed by atoms with Gasteiger partial charge in [0.05, 0.1) is 40.1 Å². The average molecular weight is 540 g/mol. The van der Waals surface area contributed by atoms with Gasteiger partial charge in [0.2, 0.25) is 10.0 Å². The second kappa shape index (κ2) is 11.0. The van der Waals surface area contributed by atoms with Crippen LogP contribution >= 0.6 is 0 Å². The largest absolute Gasteiger partial charge is 0.495 e. The van der Waals surface area contributed by atoms with E-state index in [0.29, 0.717) is 21.4 Å². The molecule has 0 fully saturated rings. The summed E-state index contributed by atoms with van der Waals surface area (Å²) in [5.41, 5.74) is 0. The fourth-order valence-corrected chi connectivity index (χ4v) is 7.99. The lowest BCUT2D eigenvalue weighted by Crippen LogP contribution is -2.52. The van der Waals surface area contributed by atoms with Gasteiger partial charge in [0.15, 0.2) is 0 Å². The number of nitrogens with one attached hydrogen (secondary N) is 1. The molecule has 37 heavy (non-hydrogen) atoms. The maximum atomic E-state index is 14.3. The number of ether oxygens (including phenoxy) is 2. The molecular weight excluding hydrogens is 510 g/mol. The van der Waals surface area contributed by atoms with Crippen molar-refractivity contribution in [2.24, 2.45) is 5.92 Å². The van der Waals surface area contributed by atoms with Crippen LogP contribution in [0.3, 0.4) is 0 Å². The molecule has 0 saturated carbocycles. The summed E-state index contributed by atoms with van der Waals surface area (Å²) in [7, 11) is -3.41. The van der Waals surface area contributed by atoms with Gasteiger partial charge in [-0.3, -0.25) is 9.00 Å². The fourth-order valence-electron chi connectivity index (χ4n) is 4.52. The molecule has 0 aliphatic carbocycles. The Morgan fingerprint density at radius 2 is 1.43 bits per heavy atom. The van der Waals surface area contributed by atoms with Crippen LogP contribution in [0.5, 0.6) is 5.75 Å². The van der Waals surface area contributed by atoms with Gasteiger partial charge in [-0.15, -0.1) is 0 Å². The van der Waals surface area contributed by atoms with Crippen molar-refractivity contribution >= 4 is 48.3 Å². The number of carbonyl (C=O) groups is 1. The summed E-state index contributed by atoms with van der Waals surface area (Å²) in [6, 6.07) is 21.6. The van der Waals surface area contributed by atoms with Crippen molar-refractivity contribution in [3.8, 4) is 5.75 Å². The molecular formula is C28H29NO6S2. The van der Waals surface area contributed by atoms with Gasteiger partial charge in [-0.1, -0.05) is 80.6 Å². The van der Waals surface area contributed by atoms with Crippen LogP contribution in [0.25, 0.3) is 21.5 Å². The summed E-state index contributed by atoms with van der Waals surface area (Å²) in [5, 5.41) is 1.84. The van der Waals surface area contributed by atoms with Crippen molar-refractivity contribution in [2.75, 3.05) is 14.2 Å². The summed E-state index contributed by atoms with van der Waals surface area (Å²) in [6.07, 6.45) is 0. The molecule has 0 saturated heterocycles. The molecule has 0 radical (unpaired) electrons. The van der Waals surface area contributed by atoms with Crippen LogP contribution in [0.1, 0.15) is 13.8 Å². The zero-order chi connectivity index (χ0) is 26.7. The van der Waals surface area contributed by atoms with Gasteiger partial charge in [0.1, 0.15) is 11.8 Å². The van der Waals surface area contributed by atoms with E-state index < -0.39 is 38.1 Å². The monoisotopic (exact) mass is 539 g/mol. The molecule has 4 aromatic carbocycles. The Morgan fingerprint density at radius 1 is 0.838 bits per heavy atom. The van der Waals surface area contributed by atoms with Gasteiger partial charge >= 0.3 is 5.97 Å². The lowest BCUT2D eigenvalue weighted by atomic mass is 10.0. The van der Waals surface area contributed by atoms with E-state index in [2.05, 4.69) is 4.72 Å². The molecule has 0 bridgehead atoms. The Kier molecular flexibility index (Phi) is 7.96. The summed E-state index contributed by atoms with van der Waals surface area (Å²) in [6.45, 7) is 3.59. The number of hydrogen-bond acceptors (Lipinski definition) is 6. The highest BCUT2D eigenvalue weighted by atomic mass is 32.2. The van der Waals surface area contributed by atoms with E-state index in [1.165, 1.54) is 20.3 Å². The third-order valence-electron chi connectivity index (χ3n) is 6.27. The smallest absolute Gasteiger partial charge is 0.325 e. The van der Waals surface area contributed by atoms with Crippen molar-refractivity contribution in [3.63, 3.8) is 0 Å². The first kappa shape index (κ1) is 26.8. The van der Waals surface area contributed by atoms with Crippen molar-refractivity contribution in [1.82, 2.24) is 4.72 Å². The molecule has 0 aliphatic heterocycles. The first-order valence-electron chi connectivity index (χ1n) is 11.7. The average Bonchev–Trinajstić information content (AvgIpc) is 2.90. The Morgan fingerprint density at radius 3 is 2.05 bits per heavy atom. The Hall–Kier alpha value is -3.27. The van der Waals surface area contributed by atoms with Crippen LogP contribution in [0.4, 0.5) is 0 Å². The summed E-state index contributed by atoms with van der Waals surface area (Å²) in [4.78, 5) is 13.5. The predicted molar refractivity (Wildman–Crippen MR) is 146 cm³/mol. The first-order valence-corrected chi connectivity index (χ1v) is 14.4. The molecule has 1 unspecified atom stereocenters. The van der Waals surface area contributed by atoms with Crippen LogP contribution in [0, 0.1) is 5.92 Å². The SMILES string of the molecule is COC(=O)[C@H](NS(=O)(=O)c1cccc2ccccc12)[C@H](C(C)C)S(=O)c1c(OC)ccc2ccccc12. The second-order valence-corrected chi connectivity index (χ2v) is 12.2. The molecule has 9 heteroatoms. The Bertz CT molecular complexity index is 1580. The van der Waals surface area contributed by atoms with Crippen molar-refractivity contribution < 1.29 is 26.9 Å². The topological polar surface area (TPSA) is 98.8 Å². The highest BCUT2D eigenvalue weighted by molar-refractivity contribution is 7.90. The number of rotatable bonds is 9. The Labute approximate surface area is 219 Å². The highest BCUT2D eigenvalue weighted by Gasteiger charge is 2.41. The minimum atomic E-state index is -4.21.